The van der Waals surface area contributed by atoms with E-state index in [4.69, 9.17) is 5.11 Å². The van der Waals surface area contributed by atoms with Crippen LogP contribution in [0.2, 0.25) is 0 Å². The summed E-state index contributed by atoms with van der Waals surface area (Å²) in [6.45, 7) is 0.552. The molecule has 0 aliphatic carbocycles. The van der Waals surface area contributed by atoms with E-state index in [2.05, 4.69) is 4.98 Å². The zero-order valence-electron chi connectivity index (χ0n) is 9.43. The predicted molar refractivity (Wildman–Crippen MR) is 62.0 cm³/mol. The number of carbonyl (C=O) groups is 2. The van der Waals surface area contributed by atoms with Gasteiger partial charge in [0.25, 0.3) is 0 Å². The Morgan fingerprint density at radius 3 is 2.94 bits per heavy atom. The third-order valence-corrected chi connectivity index (χ3v) is 2.85. The summed E-state index contributed by atoms with van der Waals surface area (Å²) in [5.41, 5.74) is 0.0859. The zero-order valence-corrected chi connectivity index (χ0v) is 9.43. The number of carboxylic acids is 1. The minimum Gasteiger partial charge on any atom is -0.478 e. The number of amides is 1. The molecule has 1 N–H and O–H groups in total. The minimum atomic E-state index is -1.05. The van der Waals surface area contributed by atoms with Gasteiger partial charge in [0, 0.05) is 19.2 Å². The molecule has 0 aromatic carbocycles. The van der Waals surface area contributed by atoms with Crippen LogP contribution in [0, 0.1) is 0 Å². The lowest BCUT2D eigenvalue weighted by atomic mass is 10.2. The van der Waals surface area contributed by atoms with Crippen molar-refractivity contribution in [3.05, 3.63) is 23.9 Å². The largest absolute Gasteiger partial charge is 0.478 e. The molecule has 1 aliphatic heterocycles. The number of anilines is 1. The van der Waals surface area contributed by atoms with Crippen molar-refractivity contribution >= 4 is 17.7 Å². The van der Waals surface area contributed by atoms with Crippen LogP contribution in [0.3, 0.4) is 0 Å². The monoisotopic (exact) mass is 234 g/mol. The van der Waals surface area contributed by atoms with Crippen LogP contribution in [0.4, 0.5) is 5.82 Å². The van der Waals surface area contributed by atoms with Crippen molar-refractivity contribution in [1.82, 2.24) is 4.98 Å². The minimum absolute atomic E-state index is 0.0382. The lowest BCUT2D eigenvalue weighted by molar-refractivity contribution is -0.118. The van der Waals surface area contributed by atoms with Crippen molar-refractivity contribution < 1.29 is 14.7 Å². The summed E-state index contributed by atoms with van der Waals surface area (Å²) >= 11 is 0. The van der Waals surface area contributed by atoms with Gasteiger partial charge in [-0.3, -0.25) is 9.69 Å². The smallest absolute Gasteiger partial charge is 0.339 e. The van der Waals surface area contributed by atoms with Gasteiger partial charge in [-0.25, -0.2) is 9.78 Å². The Balaban J connectivity index is 2.37. The first-order valence-corrected chi connectivity index (χ1v) is 5.69. The van der Waals surface area contributed by atoms with Gasteiger partial charge in [0.15, 0.2) is 0 Å². The van der Waals surface area contributed by atoms with Crippen LogP contribution >= 0.6 is 0 Å². The molecule has 1 fully saturated rings. The van der Waals surface area contributed by atoms with Crippen molar-refractivity contribution in [2.75, 3.05) is 11.4 Å². The van der Waals surface area contributed by atoms with Gasteiger partial charge >= 0.3 is 5.97 Å². The second kappa shape index (κ2) is 4.95. The van der Waals surface area contributed by atoms with Crippen molar-refractivity contribution in [1.29, 1.82) is 0 Å². The van der Waals surface area contributed by atoms with Crippen LogP contribution in [-0.4, -0.2) is 28.5 Å². The van der Waals surface area contributed by atoms with E-state index in [0.29, 0.717) is 13.0 Å². The molecule has 0 saturated carbocycles. The molecule has 1 aromatic rings. The van der Waals surface area contributed by atoms with Crippen molar-refractivity contribution in [3.8, 4) is 0 Å². The number of aromatic nitrogens is 1. The maximum Gasteiger partial charge on any atom is 0.339 e. The predicted octanol–water partition coefficient (Wildman–Crippen LogP) is 1.69. The SMILES string of the molecule is O=C(O)c1cccnc1N1CCCCCC1=O. The van der Waals surface area contributed by atoms with Crippen LogP contribution < -0.4 is 4.90 Å². The molecule has 0 bridgehead atoms. The fourth-order valence-corrected chi connectivity index (χ4v) is 1.99. The van der Waals surface area contributed by atoms with Crippen molar-refractivity contribution in [2.24, 2.45) is 0 Å². The molecule has 17 heavy (non-hydrogen) atoms. The van der Waals surface area contributed by atoms with Gasteiger partial charge in [0.1, 0.15) is 11.4 Å². The fraction of sp³-hybridized carbons (Fsp3) is 0.417. The summed E-state index contributed by atoms with van der Waals surface area (Å²) in [5.74, 6) is -0.819. The molecule has 5 nitrogen and oxygen atoms in total. The first kappa shape index (κ1) is 11.6. The standard InChI is InChI=1S/C12H14N2O3/c15-10-6-2-1-3-8-14(10)11-9(12(16)17)5-4-7-13-11/h4-5,7H,1-3,6,8H2,(H,16,17). The highest BCUT2D eigenvalue weighted by atomic mass is 16.4. The third kappa shape index (κ3) is 2.43. The molecule has 2 rings (SSSR count). The molecule has 1 saturated heterocycles. The van der Waals surface area contributed by atoms with Gasteiger partial charge in [-0.05, 0) is 25.0 Å². The zero-order chi connectivity index (χ0) is 12.3. The summed E-state index contributed by atoms with van der Waals surface area (Å²) < 4.78 is 0. The van der Waals surface area contributed by atoms with Gasteiger partial charge in [0.2, 0.25) is 5.91 Å². The maximum absolute atomic E-state index is 11.9. The second-order valence-electron chi connectivity index (χ2n) is 4.04. The number of hydrogen-bond donors (Lipinski definition) is 1. The number of pyridine rings is 1. The molecule has 5 heteroatoms. The first-order chi connectivity index (χ1) is 8.20. The number of aromatic carboxylic acids is 1. The Morgan fingerprint density at radius 2 is 2.18 bits per heavy atom. The Morgan fingerprint density at radius 1 is 1.35 bits per heavy atom. The highest BCUT2D eigenvalue weighted by molar-refractivity contribution is 6.00. The van der Waals surface area contributed by atoms with Crippen LogP contribution in [0.5, 0.6) is 0 Å². The summed E-state index contributed by atoms with van der Waals surface area (Å²) in [4.78, 5) is 28.5. The fourth-order valence-electron chi connectivity index (χ4n) is 1.99. The molecular formula is C12H14N2O3. The molecule has 90 valence electrons. The molecule has 1 aromatic heterocycles. The third-order valence-electron chi connectivity index (χ3n) is 2.85. The Labute approximate surface area is 99.1 Å². The second-order valence-corrected chi connectivity index (χ2v) is 4.04. The van der Waals surface area contributed by atoms with Gasteiger partial charge in [-0.2, -0.15) is 0 Å². The molecule has 1 amide bonds. The molecule has 2 heterocycles. The summed E-state index contributed by atoms with van der Waals surface area (Å²) in [5, 5.41) is 9.07. The van der Waals surface area contributed by atoms with E-state index in [1.54, 1.807) is 6.07 Å². The molecule has 0 radical (unpaired) electrons. The first-order valence-electron chi connectivity index (χ1n) is 5.69. The number of carboxylic acid groups (broad SMARTS) is 1. The quantitative estimate of drug-likeness (QED) is 0.845. The molecule has 0 unspecified atom stereocenters. The van der Waals surface area contributed by atoms with Gasteiger partial charge in [-0.15, -0.1) is 0 Å². The summed E-state index contributed by atoms with van der Waals surface area (Å²) in [7, 11) is 0. The summed E-state index contributed by atoms with van der Waals surface area (Å²) in [6.07, 6.45) is 4.74. The topological polar surface area (TPSA) is 70.5 Å². The van der Waals surface area contributed by atoms with E-state index in [1.807, 2.05) is 0 Å². The lowest BCUT2D eigenvalue weighted by Crippen LogP contribution is -2.32. The van der Waals surface area contributed by atoms with E-state index in [1.165, 1.54) is 17.2 Å². The van der Waals surface area contributed by atoms with Crippen LogP contribution in [0.25, 0.3) is 0 Å². The molecular weight excluding hydrogens is 220 g/mol. The molecule has 0 spiro atoms. The highest BCUT2D eigenvalue weighted by Crippen LogP contribution is 2.22. The number of nitrogens with zero attached hydrogens (tertiary/aromatic N) is 2. The number of hydrogen-bond acceptors (Lipinski definition) is 3. The van der Waals surface area contributed by atoms with Gasteiger partial charge in [0.05, 0.1) is 0 Å². The van der Waals surface area contributed by atoms with E-state index in [-0.39, 0.29) is 17.3 Å². The summed E-state index contributed by atoms with van der Waals surface area (Å²) in [6, 6.07) is 3.04. The highest BCUT2D eigenvalue weighted by Gasteiger charge is 2.23. The lowest BCUT2D eigenvalue weighted by Gasteiger charge is -2.20. The number of rotatable bonds is 2. The van der Waals surface area contributed by atoms with E-state index in [0.717, 1.165) is 19.3 Å². The van der Waals surface area contributed by atoms with Crippen LogP contribution in [-0.2, 0) is 4.79 Å². The van der Waals surface area contributed by atoms with E-state index in [9.17, 15) is 9.59 Å². The van der Waals surface area contributed by atoms with Crippen LogP contribution in [0.15, 0.2) is 18.3 Å². The van der Waals surface area contributed by atoms with Gasteiger partial charge in [-0.1, -0.05) is 6.42 Å². The Hall–Kier alpha value is -1.91. The number of carbonyl (C=O) groups excluding carboxylic acids is 1. The van der Waals surface area contributed by atoms with E-state index < -0.39 is 5.97 Å². The average Bonchev–Trinajstić information content (AvgIpc) is 2.54. The van der Waals surface area contributed by atoms with Crippen LogP contribution in [0.1, 0.15) is 36.0 Å². The van der Waals surface area contributed by atoms with E-state index >= 15 is 0 Å². The maximum atomic E-state index is 11.9. The van der Waals surface area contributed by atoms with Gasteiger partial charge < -0.3 is 5.11 Å². The normalized spacial score (nSPS) is 16.7. The van der Waals surface area contributed by atoms with Crippen molar-refractivity contribution in [2.45, 2.75) is 25.7 Å². The Bertz CT molecular complexity index is 445. The molecule has 1 aliphatic rings. The molecule has 0 atom stereocenters. The van der Waals surface area contributed by atoms with Crippen molar-refractivity contribution in [3.63, 3.8) is 0 Å². The Kier molecular flexibility index (Phi) is 3.37. The average molecular weight is 234 g/mol.